The first-order valence-electron chi connectivity index (χ1n) is 19.4. The van der Waals surface area contributed by atoms with Gasteiger partial charge < -0.3 is 37.5 Å². The summed E-state index contributed by atoms with van der Waals surface area (Å²) in [6, 6.07) is 34.5. The molecule has 298 valence electrons. The monoisotopic (exact) mass is 870 g/mol. The molecule has 0 aromatic heterocycles. The molecule has 8 nitrogen and oxygen atoms in total. The van der Waals surface area contributed by atoms with Crippen molar-refractivity contribution in [2.24, 2.45) is 0 Å². The molecule has 2 aliphatic heterocycles. The maximum absolute atomic E-state index is 7.12. The molecule has 2 saturated carbocycles. The number of rotatable bonds is 13. The standard InChI is InChI=1S/C42H48O8P2S4/c53-51(54,35-21-17-33(18-22-35)45-31-13-5-1-6-14-31)49-39(37-29-43-41(47-37)25-9-3-10-26-41)40(38-30-44-42(48-38)27-11-4-12-28-42)50-52(55,56)36-23-19-34(20-24-36)46-32-15-7-2-8-16-32/h1-2,5-8,13-24,37-40H,3-4,9-12,25-30H2,(H,53,54)(H,55,56)/t37-,38-,39-,40-/m1/s1. The van der Waals surface area contributed by atoms with Gasteiger partial charge in [-0.3, -0.25) is 0 Å². The zero-order valence-electron chi connectivity index (χ0n) is 31.1. The zero-order valence-corrected chi connectivity index (χ0v) is 36.3. The number of benzene rings is 4. The van der Waals surface area contributed by atoms with Crippen molar-refractivity contribution in [3.63, 3.8) is 0 Å². The predicted molar refractivity (Wildman–Crippen MR) is 235 cm³/mol. The summed E-state index contributed by atoms with van der Waals surface area (Å²) in [6.07, 6.45) is 7.06. The van der Waals surface area contributed by atoms with E-state index in [0.717, 1.165) is 86.3 Å². The molecule has 2 heterocycles. The Morgan fingerprint density at radius 3 is 1.20 bits per heavy atom. The number of hydrogen-bond donors (Lipinski definition) is 2. The molecule has 8 rings (SSSR count). The van der Waals surface area contributed by atoms with Gasteiger partial charge in [-0.25, -0.2) is 0 Å². The summed E-state index contributed by atoms with van der Waals surface area (Å²) >= 11 is 22.8. The molecule has 4 fully saturated rings. The van der Waals surface area contributed by atoms with Crippen LogP contribution in [-0.2, 0) is 51.6 Å². The minimum absolute atomic E-state index is 0.303. The minimum Gasteiger partial charge on any atom is -0.457 e. The minimum atomic E-state index is -3.02. The molecule has 4 aromatic carbocycles. The Bertz CT molecular complexity index is 1850. The highest BCUT2D eigenvalue weighted by Crippen LogP contribution is 2.58. The van der Waals surface area contributed by atoms with Crippen LogP contribution in [-0.4, -0.2) is 49.2 Å². The zero-order chi connectivity index (χ0) is 38.6. The average Bonchev–Trinajstić information content (AvgIpc) is 3.82. The van der Waals surface area contributed by atoms with Crippen molar-refractivity contribution in [3.8, 4) is 23.0 Å². The quantitative estimate of drug-likeness (QED) is 0.100. The van der Waals surface area contributed by atoms with Crippen LogP contribution in [0.2, 0.25) is 0 Å². The Labute approximate surface area is 350 Å². The van der Waals surface area contributed by atoms with Crippen molar-refractivity contribution in [3.05, 3.63) is 109 Å². The summed E-state index contributed by atoms with van der Waals surface area (Å²) in [5.41, 5.74) is -6.05. The van der Waals surface area contributed by atoms with Crippen LogP contribution in [0.5, 0.6) is 23.0 Å². The third kappa shape index (κ3) is 9.81. The molecule has 0 N–H and O–H groups in total. The summed E-state index contributed by atoms with van der Waals surface area (Å²) < 4.78 is 53.3. The van der Waals surface area contributed by atoms with Crippen LogP contribution >= 0.6 is 35.4 Å². The van der Waals surface area contributed by atoms with Crippen molar-refractivity contribution in [2.75, 3.05) is 13.2 Å². The molecular weight excluding hydrogens is 823 g/mol. The van der Waals surface area contributed by atoms with E-state index in [4.69, 9.17) is 85.6 Å². The van der Waals surface area contributed by atoms with Crippen molar-refractivity contribution in [1.82, 2.24) is 0 Å². The molecule has 2 saturated heterocycles. The number of hydrogen-bond acceptors (Lipinski definition) is 10. The predicted octanol–water partition coefficient (Wildman–Crippen LogP) is 10.6. The van der Waals surface area contributed by atoms with E-state index >= 15 is 0 Å². The van der Waals surface area contributed by atoms with Gasteiger partial charge in [0.25, 0.3) is 0 Å². The van der Waals surface area contributed by atoms with Crippen molar-refractivity contribution >= 4 is 69.7 Å². The van der Waals surface area contributed by atoms with Gasteiger partial charge in [0.15, 0.2) is 11.6 Å². The Hall–Kier alpha value is -1.76. The fourth-order valence-corrected chi connectivity index (χ4v) is 13.2. The molecule has 0 radical (unpaired) electrons. The molecule has 4 aromatic rings. The van der Waals surface area contributed by atoms with Gasteiger partial charge in [-0.05, 0) is 98.5 Å². The Morgan fingerprint density at radius 2 is 0.839 bits per heavy atom. The summed E-state index contributed by atoms with van der Waals surface area (Å²) in [5, 5.41) is 1.52. The molecule has 56 heavy (non-hydrogen) atoms. The third-order valence-electron chi connectivity index (χ3n) is 10.9. The lowest BCUT2D eigenvalue weighted by Gasteiger charge is -2.39. The molecule has 14 heteroatoms. The SMILES string of the molecule is S=P(S)(O[C@@H]([C@H](OP(=S)(S)c1ccc(Oc2ccccc2)cc1)[C@H]1COC2(CCCCC2)O1)[C@H]1COC2(CCCCC2)O1)c1ccc(Oc2ccccc2)cc1. The van der Waals surface area contributed by atoms with Crippen LogP contribution in [0.25, 0.3) is 0 Å². The first kappa shape index (κ1) is 41.0. The summed E-state index contributed by atoms with van der Waals surface area (Å²) in [5.74, 6) is 1.48. The Kier molecular flexibility index (Phi) is 13.1. The van der Waals surface area contributed by atoms with Crippen LogP contribution in [0.1, 0.15) is 64.2 Å². The lowest BCUT2D eigenvalue weighted by Crippen LogP contribution is -2.50. The van der Waals surface area contributed by atoms with Gasteiger partial charge in [-0.1, -0.05) is 72.9 Å². The highest BCUT2D eigenvalue weighted by Gasteiger charge is 2.54. The molecular formula is C42H48O8P2S4. The number of para-hydroxylation sites is 2. The molecule has 2 aliphatic carbocycles. The first-order chi connectivity index (χ1) is 27.1. The lowest BCUT2D eigenvalue weighted by molar-refractivity contribution is -0.211. The number of thiol groups is 2. The van der Waals surface area contributed by atoms with Gasteiger partial charge in [0.05, 0.1) is 13.2 Å². The largest absolute Gasteiger partial charge is 0.457 e. The molecule has 4 aliphatic rings. The maximum Gasteiger partial charge on any atom is 0.169 e. The van der Waals surface area contributed by atoms with Crippen LogP contribution in [0, 0.1) is 0 Å². The van der Waals surface area contributed by atoms with E-state index in [2.05, 4.69) is 0 Å². The molecule has 0 bridgehead atoms. The second kappa shape index (κ2) is 17.8. The van der Waals surface area contributed by atoms with E-state index in [9.17, 15) is 0 Å². The summed E-state index contributed by atoms with van der Waals surface area (Å²) in [7, 11) is 0. The van der Waals surface area contributed by atoms with Crippen LogP contribution in [0.3, 0.4) is 0 Å². The summed E-state index contributed by atoms with van der Waals surface area (Å²) in [6.45, 7) is 0.606. The maximum atomic E-state index is 7.12. The fourth-order valence-electron chi connectivity index (χ4n) is 7.97. The van der Waals surface area contributed by atoms with E-state index in [1.54, 1.807) is 0 Å². The smallest absolute Gasteiger partial charge is 0.169 e. The van der Waals surface area contributed by atoms with E-state index in [1.165, 1.54) is 0 Å². The van der Waals surface area contributed by atoms with Crippen LogP contribution in [0.4, 0.5) is 0 Å². The van der Waals surface area contributed by atoms with Crippen LogP contribution < -0.4 is 20.1 Å². The van der Waals surface area contributed by atoms with E-state index in [0.29, 0.717) is 24.7 Å². The second-order valence-corrected chi connectivity index (χ2v) is 26.5. The van der Waals surface area contributed by atoms with E-state index in [1.807, 2.05) is 109 Å². The fraction of sp³-hybridized carbons (Fsp3) is 0.429. The normalized spacial score (nSPS) is 24.9. The molecule has 0 amide bonds. The Balaban J connectivity index is 1.11. The summed E-state index contributed by atoms with van der Waals surface area (Å²) in [4.78, 5) is 0. The second-order valence-electron chi connectivity index (χ2n) is 14.9. The molecule has 2 spiro atoms. The third-order valence-corrected chi connectivity index (χ3v) is 17.5. The number of ether oxygens (including phenoxy) is 6. The lowest BCUT2D eigenvalue weighted by atomic mass is 9.94. The topological polar surface area (TPSA) is 73.8 Å². The van der Waals surface area contributed by atoms with Gasteiger partial charge in [-0.15, -0.1) is 24.5 Å². The molecule has 2 unspecified atom stereocenters. The van der Waals surface area contributed by atoms with Gasteiger partial charge in [0, 0.05) is 36.3 Å². The van der Waals surface area contributed by atoms with Crippen molar-refractivity contribution in [1.29, 1.82) is 0 Å². The van der Waals surface area contributed by atoms with Crippen LogP contribution in [0.15, 0.2) is 109 Å². The van der Waals surface area contributed by atoms with Gasteiger partial charge >= 0.3 is 0 Å². The highest BCUT2D eigenvalue weighted by atomic mass is 32.9. The van der Waals surface area contributed by atoms with Crippen molar-refractivity contribution < 1.29 is 37.5 Å². The average molecular weight is 871 g/mol. The van der Waals surface area contributed by atoms with E-state index in [-0.39, 0.29) is 0 Å². The van der Waals surface area contributed by atoms with Gasteiger partial charge in [0.2, 0.25) is 0 Å². The molecule has 6 atom stereocenters. The van der Waals surface area contributed by atoms with Gasteiger partial charge in [0.1, 0.15) is 58.3 Å². The van der Waals surface area contributed by atoms with E-state index < -0.39 is 46.9 Å². The highest BCUT2D eigenvalue weighted by molar-refractivity contribution is 8.64. The Morgan fingerprint density at radius 1 is 0.500 bits per heavy atom. The van der Waals surface area contributed by atoms with Gasteiger partial charge in [-0.2, -0.15) is 0 Å². The first-order valence-corrected chi connectivity index (χ1v) is 27.2. The van der Waals surface area contributed by atoms with Crippen molar-refractivity contribution in [2.45, 2.75) is 100 Å².